The highest BCUT2D eigenvalue weighted by Gasteiger charge is 2.36. The molecule has 33 heavy (non-hydrogen) atoms. The summed E-state index contributed by atoms with van der Waals surface area (Å²) < 4.78 is 16.3. The number of ether oxygens (including phenoxy) is 3. The van der Waals surface area contributed by atoms with Crippen molar-refractivity contribution in [1.82, 2.24) is 4.90 Å². The molecule has 0 radical (unpaired) electrons. The number of carbonyl (C=O) groups is 3. The first-order chi connectivity index (χ1) is 15.7. The van der Waals surface area contributed by atoms with Crippen molar-refractivity contribution in [2.45, 2.75) is 26.6 Å². The number of rotatable bonds is 8. The van der Waals surface area contributed by atoms with E-state index in [2.05, 4.69) is 0 Å². The van der Waals surface area contributed by atoms with Crippen LogP contribution in [0.1, 0.15) is 25.0 Å². The van der Waals surface area contributed by atoms with E-state index < -0.39 is 23.7 Å². The van der Waals surface area contributed by atoms with Gasteiger partial charge in [0.25, 0.3) is 11.1 Å². The fraction of sp³-hybridized carbons (Fsp3) is 0.261. The minimum atomic E-state index is -0.652. The van der Waals surface area contributed by atoms with Crippen LogP contribution in [0.15, 0.2) is 41.3 Å². The molecule has 1 fully saturated rings. The number of hydrogen-bond donors (Lipinski definition) is 0. The molecule has 10 heteroatoms. The minimum Gasteiger partial charge on any atom is -0.493 e. The monoisotopic (exact) mass is 509 g/mol. The molecule has 2 aromatic rings. The summed E-state index contributed by atoms with van der Waals surface area (Å²) in [5.74, 6) is -0.525. The summed E-state index contributed by atoms with van der Waals surface area (Å²) in [4.78, 5) is 37.7. The maximum atomic E-state index is 12.6. The highest BCUT2D eigenvalue weighted by molar-refractivity contribution is 8.18. The first-order valence-electron chi connectivity index (χ1n) is 9.87. The van der Waals surface area contributed by atoms with E-state index >= 15 is 0 Å². The fourth-order valence-corrected chi connectivity index (χ4v) is 4.15. The molecule has 2 amide bonds. The van der Waals surface area contributed by atoms with Gasteiger partial charge in [0.1, 0.15) is 13.2 Å². The molecule has 0 atom stereocenters. The zero-order valence-electron chi connectivity index (χ0n) is 18.1. The zero-order valence-corrected chi connectivity index (χ0v) is 20.4. The molecule has 1 aliphatic heterocycles. The van der Waals surface area contributed by atoms with Gasteiger partial charge >= 0.3 is 5.97 Å². The highest BCUT2D eigenvalue weighted by atomic mass is 35.5. The van der Waals surface area contributed by atoms with Gasteiger partial charge in [-0.05, 0) is 67.1 Å². The van der Waals surface area contributed by atoms with Gasteiger partial charge in [-0.2, -0.15) is 0 Å². The lowest BCUT2D eigenvalue weighted by Gasteiger charge is -2.14. The largest absolute Gasteiger partial charge is 0.493 e. The van der Waals surface area contributed by atoms with Gasteiger partial charge in [0.15, 0.2) is 11.5 Å². The number of benzene rings is 2. The number of amides is 2. The Morgan fingerprint density at radius 2 is 1.85 bits per heavy atom. The van der Waals surface area contributed by atoms with Crippen molar-refractivity contribution in [3.8, 4) is 11.5 Å². The summed E-state index contributed by atoms with van der Waals surface area (Å²) in [6.45, 7) is 3.18. The van der Waals surface area contributed by atoms with Crippen LogP contribution in [0.5, 0.6) is 11.5 Å². The molecule has 0 spiro atoms. The molecule has 0 saturated carbocycles. The predicted octanol–water partition coefficient (Wildman–Crippen LogP) is 5.57. The number of thioether (sulfide) groups is 1. The Morgan fingerprint density at radius 1 is 1.15 bits per heavy atom. The molecule has 3 rings (SSSR count). The number of carbonyl (C=O) groups excluding carboxylic acids is 3. The van der Waals surface area contributed by atoms with E-state index in [9.17, 15) is 14.4 Å². The van der Waals surface area contributed by atoms with Crippen LogP contribution in [-0.2, 0) is 20.9 Å². The van der Waals surface area contributed by atoms with Gasteiger partial charge in [0, 0.05) is 5.02 Å². The number of halogens is 2. The smallest absolute Gasteiger partial charge is 0.326 e. The quantitative estimate of drug-likeness (QED) is 0.339. The third kappa shape index (κ3) is 6.43. The number of hydrogen-bond acceptors (Lipinski definition) is 7. The Kier molecular flexibility index (Phi) is 8.29. The van der Waals surface area contributed by atoms with Crippen LogP contribution in [0.4, 0.5) is 4.79 Å². The fourth-order valence-electron chi connectivity index (χ4n) is 2.92. The molecule has 1 aliphatic rings. The van der Waals surface area contributed by atoms with Gasteiger partial charge in [0.2, 0.25) is 0 Å². The Morgan fingerprint density at radius 3 is 2.48 bits per heavy atom. The Balaban J connectivity index is 1.77. The molecule has 1 saturated heterocycles. The summed E-state index contributed by atoms with van der Waals surface area (Å²) in [6.07, 6.45) is 1.17. The van der Waals surface area contributed by atoms with Crippen LogP contribution in [0.2, 0.25) is 10.0 Å². The predicted molar refractivity (Wildman–Crippen MR) is 128 cm³/mol. The van der Waals surface area contributed by atoms with Crippen LogP contribution in [0, 0.1) is 0 Å². The van der Waals surface area contributed by atoms with E-state index in [0.29, 0.717) is 22.1 Å². The van der Waals surface area contributed by atoms with Crippen molar-refractivity contribution >= 4 is 58.2 Å². The lowest BCUT2D eigenvalue weighted by molar-refractivity contribution is -0.149. The van der Waals surface area contributed by atoms with Crippen molar-refractivity contribution in [1.29, 1.82) is 0 Å². The second-order valence-electron chi connectivity index (χ2n) is 7.26. The van der Waals surface area contributed by atoms with Crippen LogP contribution in [0.3, 0.4) is 0 Å². The normalized spacial score (nSPS) is 14.8. The second kappa shape index (κ2) is 11.0. The summed E-state index contributed by atoms with van der Waals surface area (Å²) in [5, 5.41) is 0.349. The summed E-state index contributed by atoms with van der Waals surface area (Å²) in [6, 6.07) is 10.4. The molecule has 0 aromatic heterocycles. The van der Waals surface area contributed by atoms with Gasteiger partial charge in [-0.25, -0.2) is 0 Å². The van der Waals surface area contributed by atoms with Crippen LogP contribution >= 0.6 is 35.0 Å². The van der Waals surface area contributed by atoms with E-state index in [4.69, 9.17) is 37.4 Å². The van der Waals surface area contributed by atoms with Gasteiger partial charge in [0.05, 0.1) is 23.1 Å². The van der Waals surface area contributed by atoms with E-state index in [1.807, 2.05) is 12.1 Å². The maximum absolute atomic E-state index is 12.6. The van der Waals surface area contributed by atoms with E-state index in [1.54, 1.807) is 38.1 Å². The molecule has 2 aromatic carbocycles. The van der Waals surface area contributed by atoms with E-state index in [0.717, 1.165) is 22.2 Å². The van der Waals surface area contributed by atoms with Crippen LogP contribution < -0.4 is 9.47 Å². The third-order valence-corrected chi connectivity index (χ3v) is 5.81. The lowest BCUT2D eigenvalue weighted by atomic mass is 10.1. The molecule has 0 unspecified atom stereocenters. The summed E-state index contributed by atoms with van der Waals surface area (Å²) >= 11 is 13.1. The molecule has 0 aliphatic carbocycles. The second-order valence-corrected chi connectivity index (χ2v) is 9.09. The maximum Gasteiger partial charge on any atom is 0.326 e. The van der Waals surface area contributed by atoms with Crippen molar-refractivity contribution in [2.24, 2.45) is 0 Å². The van der Waals surface area contributed by atoms with Crippen LogP contribution in [0.25, 0.3) is 6.08 Å². The number of nitrogens with zero attached hydrogens (tertiary/aromatic N) is 1. The van der Waals surface area contributed by atoms with E-state index in [1.165, 1.54) is 13.2 Å². The Bertz CT molecular complexity index is 1100. The topological polar surface area (TPSA) is 82.1 Å². The number of methoxy groups -OCH3 is 1. The zero-order chi connectivity index (χ0) is 24.1. The number of imide groups is 1. The van der Waals surface area contributed by atoms with Gasteiger partial charge in [-0.1, -0.05) is 35.3 Å². The van der Waals surface area contributed by atoms with Crippen molar-refractivity contribution in [3.05, 3.63) is 62.5 Å². The molecule has 174 valence electrons. The van der Waals surface area contributed by atoms with E-state index in [-0.39, 0.29) is 22.6 Å². The van der Waals surface area contributed by atoms with Crippen molar-refractivity contribution in [3.63, 3.8) is 0 Å². The lowest BCUT2D eigenvalue weighted by Crippen LogP contribution is -2.35. The molecular weight excluding hydrogens is 489 g/mol. The first kappa shape index (κ1) is 25.0. The Hall–Kier alpha value is -2.68. The summed E-state index contributed by atoms with van der Waals surface area (Å²) in [5.41, 5.74) is 1.43. The average Bonchev–Trinajstić information content (AvgIpc) is 3.00. The first-order valence-corrected chi connectivity index (χ1v) is 11.4. The van der Waals surface area contributed by atoms with Crippen molar-refractivity contribution < 1.29 is 28.6 Å². The number of esters is 1. The van der Waals surface area contributed by atoms with Crippen molar-refractivity contribution in [2.75, 3.05) is 13.7 Å². The van der Waals surface area contributed by atoms with Gasteiger partial charge in [-0.15, -0.1) is 0 Å². The Labute approximate surface area is 205 Å². The summed E-state index contributed by atoms with van der Waals surface area (Å²) in [7, 11) is 1.47. The molecule has 0 bridgehead atoms. The van der Waals surface area contributed by atoms with Gasteiger partial charge < -0.3 is 14.2 Å². The average molecular weight is 510 g/mol. The SMILES string of the molecule is COc1cc(/C=C2\SC(=O)N(CC(=O)OC(C)C)C2=O)cc(Cl)c1OCc1ccc(Cl)cc1. The minimum absolute atomic E-state index is 0.158. The van der Waals surface area contributed by atoms with Gasteiger partial charge in [-0.3, -0.25) is 19.3 Å². The van der Waals surface area contributed by atoms with Crippen LogP contribution in [-0.4, -0.2) is 41.8 Å². The molecular formula is C23H21Cl2NO6S. The molecule has 0 N–H and O–H groups in total. The third-order valence-electron chi connectivity index (χ3n) is 4.37. The molecule has 7 nitrogen and oxygen atoms in total. The molecule has 1 heterocycles. The highest BCUT2D eigenvalue weighted by Crippen LogP contribution is 2.39. The standard InChI is InChI=1S/C23H21Cl2NO6S/c1-13(2)32-20(27)11-26-22(28)19(33-23(26)29)10-15-8-17(25)21(18(9-15)30-3)31-12-14-4-6-16(24)7-5-14/h4-10,13H,11-12H2,1-3H3/b19-10-.